The molecule has 3 nitrogen and oxygen atoms in total. The van der Waals surface area contributed by atoms with Gasteiger partial charge in [0.05, 0.1) is 0 Å². The molecule has 0 aliphatic carbocycles. The highest BCUT2D eigenvalue weighted by Crippen LogP contribution is 2.16. The molecule has 0 atom stereocenters. The lowest BCUT2D eigenvalue weighted by molar-refractivity contribution is 0.0206. The van der Waals surface area contributed by atoms with E-state index in [9.17, 15) is 4.79 Å². The van der Waals surface area contributed by atoms with E-state index in [4.69, 9.17) is 9.47 Å². The molecule has 0 amide bonds. The van der Waals surface area contributed by atoms with Crippen LogP contribution in [0.25, 0.3) is 0 Å². The van der Waals surface area contributed by atoms with Crippen molar-refractivity contribution >= 4 is 6.16 Å². The predicted molar refractivity (Wildman–Crippen MR) is 76.5 cm³/mol. The lowest BCUT2D eigenvalue weighted by atomic mass is 10.1. The van der Waals surface area contributed by atoms with Gasteiger partial charge in [-0.25, -0.2) is 4.79 Å². The van der Waals surface area contributed by atoms with Gasteiger partial charge in [0.15, 0.2) is 0 Å². The van der Waals surface area contributed by atoms with Crippen LogP contribution in [0.1, 0.15) is 52.5 Å². The summed E-state index contributed by atoms with van der Waals surface area (Å²) in [5.41, 5.74) is 0.738. The van der Waals surface area contributed by atoms with Crippen LogP contribution in [0.15, 0.2) is 24.3 Å². The van der Waals surface area contributed by atoms with Crippen LogP contribution >= 0.6 is 0 Å². The van der Waals surface area contributed by atoms with Gasteiger partial charge < -0.3 is 9.47 Å². The number of carbonyl (C=O) groups excluding carboxylic acids is 1. The van der Waals surface area contributed by atoms with Gasteiger partial charge in [-0.1, -0.05) is 31.9 Å². The molecule has 0 bridgehead atoms. The number of benzene rings is 1. The Bertz CT molecular complexity index is 387. The number of ether oxygens (including phenoxy) is 2. The van der Waals surface area contributed by atoms with Crippen molar-refractivity contribution in [2.24, 2.45) is 0 Å². The molecular weight excluding hydrogens is 240 g/mol. The second kappa shape index (κ2) is 7.17. The van der Waals surface area contributed by atoms with E-state index in [1.165, 1.54) is 24.8 Å². The smallest absolute Gasteiger partial charge is 0.428 e. The van der Waals surface area contributed by atoms with E-state index in [-0.39, 0.29) is 0 Å². The predicted octanol–water partition coefficient (Wildman–Crippen LogP) is 4.73. The minimum absolute atomic E-state index is 0.522. The molecule has 0 spiro atoms. The molecule has 106 valence electrons. The van der Waals surface area contributed by atoms with Crippen LogP contribution in [0.2, 0.25) is 0 Å². The number of aryl methyl sites for hydroxylation is 1. The summed E-state index contributed by atoms with van der Waals surface area (Å²) in [5, 5.41) is 0. The third kappa shape index (κ3) is 6.85. The van der Waals surface area contributed by atoms with Gasteiger partial charge in [-0.3, -0.25) is 0 Å². The van der Waals surface area contributed by atoms with E-state index in [0.717, 1.165) is 6.42 Å². The third-order valence-electron chi connectivity index (χ3n) is 2.58. The molecular formula is C16H24O3. The van der Waals surface area contributed by atoms with Crippen LogP contribution in [0.3, 0.4) is 0 Å². The summed E-state index contributed by atoms with van der Waals surface area (Å²) in [4.78, 5) is 11.5. The zero-order valence-corrected chi connectivity index (χ0v) is 12.4. The van der Waals surface area contributed by atoms with E-state index in [2.05, 4.69) is 6.92 Å². The molecule has 1 aromatic rings. The molecule has 0 unspecified atom stereocenters. The van der Waals surface area contributed by atoms with Gasteiger partial charge in [0.2, 0.25) is 0 Å². The summed E-state index contributed by atoms with van der Waals surface area (Å²) in [6.07, 6.45) is 4.07. The van der Waals surface area contributed by atoms with Crippen LogP contribution in [0.5, 0.6) is 5.75 Å². The number of unbranched alkanes of at least 4 members (excludes halogenated alkanes) is 2. The van der Waals surface area contributed by atoms with Gasteiger partial charge in [0.25, 0.3) is 0 Å². The summed E-state index contributed by atoms with van der Waals surface area (Å²) in [7, 11) is 0. The first kappa shape index (κ1) is 15.5. The first-order chi connectivity index (χ1) is 8.90. The Morgan fingerprint density at radius 1 is 1.11 bits per heavy atom. The Labute approximate surface area is 115 Å². The SMILES string of the molecule is CCCCCc1ccc(OC(=O)OC(C)(C)C)cc1. The fraction of sp³-hybridized carbons (Fsp3) is 0.562. The van der Waals surface area contributed by atoms with Crippen molar-refractivity contribution in [1.29, 1.82) is 0 Å². The molecule has 19 heavy (non-hydrogen) atoms. The van der Waals surface area contributed by atoms with Gasteiger partial charge in [-0.05, 0) is 51.3 Å². The molecule has 1 rings (SSSR count). The molecule has 0 N–H and O–H groups in total. The van der Waals surface area contributed by atoms with E-state index >= 15 is 0 Å². The van der Waals surface area contributed by atoms with Crippen LogP contribution in [0, 0.1) is 0 Å². The van der Waals surface area contributed by atoms with E-state index in [0.29, 0.717) is 5.75 Å². The molecule has 0 saturated heterocycles. The summed E-state index contributed by atoms with van der Waals surface area (Å²) in [6, 6.07) is 7.61. The van der Waals surface area contributed by atoms with Gasteiger partial charge in [0, 0.05) is 0 Å². The lowest BCUT2D eigenvalue weighted by Gasteiger charge is -2.18. The molecule has 0 fully saturated rings. The molecule has 0 radical (unpaired) electrons. The monoisotopic (exact) mass is 264 g/mol. The zero-order chi connectivity index (χ0) is 14.3. The van der Waals surface area contributed by atoms with Gasteiger partial charge in [0.1, 0.15) is 11.4 Å². The maximum Gasteiger partial charge on any atom is 0.514 e. The van der Waals surface area contributed by atoms with Crippen LogP contribution in [0.4, 0.5) is 4.79 Å². The van der Waals surface area contributed by atoms with Gasteiger partial charge in [-0.15, -0.1) is 0 Å². The Hall–Kier alpha value is -1.51. The molecule has 0 heterocycles. The van der Waals surface area contributed by atoms with Crippen molar-refractivity contribution in [2.45, 2.75) is 59.0 Å². The Morgan fingerprint density at radius 3 is 2.26 bits per heavy atom. The van der Waals surface area contributed by atoms with Crippen LogP contribution < -0.4 is 4.74 Å². The van der Waals surface area contributed by atoms with Gasteiger partial charge in [-0.2, -0.15) is 0 Å². The van der Waals surface area contributed by atoms with Crippen molar-refractivity contribution in [2.75, 3.05) is 0 Å². The number of carbonyl (C=O) groups is 1. The maximum absolute atomic E-state index is 11.5. The third-order valence-corrected chi connectivity index (χ3v) is 2.58. The standard InChI is InChI=1S/C16H24O3/c1-5-6-7-8-13-9-11-14(12-10-13)18-15(17)19-16(2,3)4/h9-12H,5-8H2,1-4H3. The fourth-order valence-corrected chi connectivity index (χ4v) is 1.67. The van der Waals surface area contributed by atoms with E-state index in [1.54, 1.807) is 0 Å². The number of hydrogen-bond donors (Lipinski definition) is 0. The Morgan fingerprint density at radius 2 is 1.74 bits per heavy atom. The summed E-state index contributed by atoms with van der Waals surface area (Å²) in [6.45, 7) is 7.62. The maximum atomic E-state index is 11.5. The molecule has 1 aromatic carbocycles. The van der Waals surface area contributed by atoms with Crippen molar-refractivity contribution < 1.29 is 14.3 Å². The first-order valence-electron chi connectivity index (χ1n) is 6.90. The first-order valence-corrected chi connectivity index (χ1v) is 6.90. The number of rotatable bonds is 5. The van der Waals surface area contributed by atoms with Crippen molar-refractivity contribution in [3.05, 3.63) is 29.8 Å². The Kier molecular flexibility index (Phi) is 5.87. The average Bonchev–Trinajstić information content (AvgIpc) is 2.29. The lowest BCUT2D eigenvalue weighted by Crippen LogP contribution is -2.25. The summed E-state index contributed by atoms with van der Waals surface area (Å²) in [5.74, 6) is 0.522. The van der Waals surface area contributed by atoms with E-state index < -0.39 is 11.8 Å². The topological polar surface area (TPSA) is 35.5 Å². The highest BCUT2D eigenvalue weighted by molar-refractivity contribution is 5.64. The van der Waals surface area contributed by atoms with Crippen molar-refractivity contribution in [3.8, 4) is 5.75 Å². The van der Waals surface area contributed by atoms with E-state index in [1.807, 2.05) is 45.0 Å². The molecule has 0 aromatic heterocycles. The van der Waals surface area contributed by atoms with Crippen molar-refractivity contribution in [1.82, 2.24) is 0 Å². The second-order valence-electron chi connectivity index (χ2n) is 5.67. The highest BCUT2D eigenvalue weighted by atomic mass is 16.7. The Balaban J connectivity index is 2.45. The fourth-order valence-electron chi connectivity index (χ4n) is 1.67. The molecule has 0 aliphatic heterocycles. The molecule has 3 heteroatoms. The van der Waals surface area contributed by atoms with Gasteiger partial charge >= 0.3 is 6.16 Å². The quantitative estimate of drug-likeness (QED) is 0.438. The number of hydrogen-bond acceptors (Lipinski definition) is 3. The van der Waals surface area contributed by atoms with Crippen LogP contribution in [-0.4, -0.2) is 11.8 Å². The molecule has 0 saturated carbocycles. The van der Waals surface area contributed by atoms with Crippen LogP contribution in [-0.2, 0) is 11.2 Å². The highest BCUT2D eigenvalue weighted by Gasteiger charge is 2.17. The minimum Gasteiger partial charge on any atom is -0.428 e. The largest absolute Gasteiger partial charge is 0.514 e. The second-order valence-corrected chi connectivity index (χ2v) is 5.67. The molecule has 0 aliphatic rings. The summed E-state index contributed by atoms with van der Waals surface area (Å²) >= 11 is 0. The minimum atomic E-state index is -0.661. The van der Waals surface area contributed by atoms with Crippen molar-refractivity contribution in [3.63, 3.8) is 0 Å². The normalized spacial score (nSPS) is 11.2. The average molecular weight is 264 g/mol. The summed E-state index contributed by atoms with van der Waals surface area (Å²) < 4.78 is 10.2. The zero-order valence-electron chi connectivity index (χ0n) is 12.4.